The summed E-state index contributed by atoms with van der Waals surface area (Å²) in [5.74, 6) is 0. The van der Waals surface area contributed by atoms with Gasteiger partial charge in [0.25, 0.3) is 0 Å². The van der Waals surface area contributed by atoms with Gasteiger partial charge in [-0.3, -0.25) is 4.90 Å². The number of nitrogens with zero attached hydrogens (tertiary/aromatic N) is 1. The zero-order chi connectivity index (χ0) is 9.43. The Bertz CT molecular complexity index is 194. The van der Waals surface area contributed by atoms with Crippen LogP contribution in [0.25, 0.3) is 0 Å². The van der Waals surface area contributed by atoms with Crippen molar-refractivity contribution in [1.29, 1.82) is 0 Å². The summed E-state index contributed by atoms with van der Waals surface area (Å²) in [5.41, 5.74) is 0.695. The molecule has 1 aliphatic carbocycles. The average Bonchev–Trinajstić information content (AvgIpc) is 2.68. The van der Waals surface area contributed by atoms with Gasteiger partial charge in [0.2, 0.25) is 0 Å². The van der Waals surface area contributed by atoms with Gasteiger partial charge in [0.05, 0.1) is 0 Å². The molecular formula is C12H22N2. The maximum Gasteiger partial charge on any atom is 0.00957 e. The second-order valence-corrected chi connectivity index (χ2v) is 5.62. The molecule has 0 unspecified atom stereocenters. The molecule has 3 aliphatic rings. The van der Waals surface area contributed by atoms with E-state index in [1.807, 2.05) is 0 Å². The molecule has 1 spiro atoms. The Labute approximate surface area is 87.0 Å². The molecule has 2 heteroatoms. The summed E-state index contributed by atoms with van der Waals surface area (Å²) in [4.78, 5) is 2.75. The standard InChI is InChI=1S/C12H22N2/c1-2-5-11(4-1)14-9-12(10-14)6-3-7-13-8-12/h11,13H,1-10H2. The number of hydrogen-bond donors (Lipinski definition) is 1. The minimum absolute atomic E-state index is 0.695. The molecule has 80 valence electrons. The van der Waals surface area contributed by atoms with E-state index in [1.54, 1.807) is 0 Å². The second kappa shape index (κ2) is 3.49. The minimum Gasteiger partial charge on any atom is -0.316 e. The molecule has 0 atom stereocenters. The zero-order valence-electron chi connectivity index (χ0n) is 9.10. The van der Waals surface area contributed by atoms with E-state index >= 15 is 0 Å². The Morgan fingerprint density at radius 2 is 1.86 bits per heavy atom. The van der Waals surface area contributed by atoms with Crippen LogP contribution in [0, 0.1) is 5.41 Å². The van der Waals surface area contributed by atoms with E-state index < -0.39 is 0 Å². The molecule has 1 N–H and O–H groups in total. The van der Waals surface area contributed by atoms with Gasteiger partial charge < -0.3 is 5.32 Å². The van der Waals surface area contributed by atoms with Gasteiger partial charge in [-0.25, -0.2) is 0 Å². The predicted molar refractivity (Wildman–Crippen MR) is 58.4 cm³/mol. The van der Waals surface area contributed by atoms with Gasteiger partial charge in [-0.15, -0.1) is 0 Å². The predicted octanol–water partition coefficient (Wildman–Crippen LogP) is 1.61. The fourth-order valence-corrected chi connectivity index (χ4v) is 3.64. The first kappa shape index (κ1) is 9.17. The van der Waals surface area contributed by atoms with Crippen LogP contribution in [-0.2, 0) is 0 Å². The van der Waals surface area contributed by atoms with Crippen LogP contribution >= 0.6 is 0 Å². The van der Waals surface area contributed by atoms with Crippen LogP contribution in [0.2, 0.25) is 0 Å². The molecule has 2 aliphatic heterocycles. The van der Waals surface area contributed by atoms with E-state index in [2.05, 4.69) is 10.2 Å². The van der Waals surface area contributed by atoms with Crippen molar-refractivity contribution in [3.05, 3.63) is 0 Å². The largest absolute Gasteiger partial charge is 0.316 e. The highest BCUT2D eigenvalue weighted by Crippen LogP contribution is 2.40. The van der Waals surface area contributed by atoms with Crippen LogP contribution in [0.4, 0.5) is 0 Å². The lowest BCUT2D eigenvalue weighted by atomic mass is 9.73. The summed E-state index contributed by atoms with van der Waals surface area (Å²) in [7, 11) is 0. The molecule has 0 amide bonds. The molecule has 2 saturated heterocycles. The van der Waals surface area contributed by atoms with E-state index in [9.17, 15) is 0 Å². The Morgan fingerprint density at radius 1 is 1.07 bits per heavy atom. The first-order valence-corrected chi connectivity index (χ1v) is 6.33. The zero-order valence-corrected chi connectivity index (χ0v) is 9.10. The summed E-state index contributed by atoms with van der Waals surface area (Å²) >= 11 is 0. The van der Waals surface area contributed by atoms with Gasteiger partial charge in [-0.2, -0.15) is 0 Å². The van der Waals surface area contributed by atoms with Crippen LogP contribution in [0.3, 0.4) is 0 Å². The highest BCUT2D eigenvalue weighted by atomic mass is 15.2. The smallest absolute Gasteiger partial charge is 0.00957 e. The van der Waals surface area contributed by atoms with Crippen molar-refractivity contribution in [2.45, 2.75) is 44.6 Å². The van der Waals surface area contributed by atoms with Crippen molar-refractivity contribution in [3.8, 4) is 0 Å². The number of rotatable bonds is 1. The van der Waals surface area contributed by atoms with Gasteiger partial charge in [0, 0.05) is 31.1 Å². The van der Waals surface area contributed by atoms with E-state index in [1.165, 1.54) is 64.7 Å². The first-order valence-electron chi connectivity index (χ1n) is 6.33. The summed E-state index contributed by atoms with van der Waals surface area (Å²) in [6, 6.07) is 0.961. The first-order chi connectivity index (χ1) is 6.88. The fraction of sp³-hybridized carbons (Fsp3) is 1.00. The van der Waals surface area contributed by atoms with Crippen molar-refractivity contribution in [2.24, 2.45) is 5.41 Å². The molecule has 2 nitrogen and oxygen atoms in total. The van der Waals surface area contributed by atoms with Gasteiger partial charge >= 0.3 is 0 Å². The fourth-order valence-electron chi connectivity index (χ4n) is 3.64. The molecule has 0 aromatic rings. The van der Waals surface area contributed by atoms with Crippen molar-refractivity contribution in [2.75, 3.05) is 26.2 Å². The summed E-state index contributed by atoms with van der Waals surface area (Å²) < 4.78 is 0. The molecule has 0 bridgehead atoms. The molecular weight excluding hydrogens is 172 g/mol. The summed E-state index contributed by atoms with van der Waals surface area (Å²) in [5, 5.41) is 3.56. The lowest BCUT2D eigenvalue weighted by Crippen LogP contribution is -2.64. The molecule has 0 aromatic carbocycles. The quantitative estimate of drug-likeness (QED) is 0.682. The van der Waals surface area contributed by atoms with Gasteiger partial charge in [0.1, 0.15) is 0 Å². The minimum atomic E-state index is 0.695. The van der Waals surface area contributed by atoms with Crippen LogP contribution in [-0.4, -0.2) is 37.1 Å². The number of hydrogen-bond acceptors (Lipinski definition) is 2. The molecule has 1 saturated carbocycles. The SMILES string of the molecule is C1CCC(N2CC3(CCCNC3)C2)C1. The molecule has 3 fully saturated rings. The van der Waals surface area contributed by atoms with E-state index in [-0.39, 0.29) is 0 Å². The highest BCUT2D eigenvalue weighted by Gasteiger charge is 2.45. The molecule has 2 heterocycles. The van der Waals surface area contributed by atoms with E-state index in [0.717, 1.165) is 6.04 Å². The summed E-state index contributed by atoms with van der Waals surface area (Å²) in [6.07, 6.45) is 8.79. The van der Waals surface area contributed by atoms with Crippen molar-refractivity contribution >= 4 is 0 Å². The van der Waals surface area contributed by atoms with Crippen LogP contribution in [0.5, 0.6) is 0 Å². The highest BCUT2D eigenvalue weighted by molar-refractivity contribution is 5.01. The van der Waals surface area contributed by atoms with Crippen LogP contribution < -0.4 is 5.32 Å². The third-order valence-electron chi connectivity index (χ3n) is 4.48. The summed E-state index contributed by atoms with van der Waals surface area (Å²) in [6.45, 7) is 5.33. The molecule has 0 radical (unpaired) electrons. The Balaban J connectivity index is 1.53. The normalized spacial score (nSPS) is 33.4. The number of likely N-dealkylation sites (tertiary alicyclic amines) is 1. The van der Waals surface area contributed by atoms with Crippen molar-refractivity contribution < 1.29 is 0 Å². The van der Waals surface area contributed by atoms with E-state index in [0.29, 0.717) is 5.41 Å². The van der Waals surface area contributed by atoms with Crippen LogP contribution in [0.15, 0.2) is 0 Å². The third kappa shape index (κ3) is 1.49. The van der Waals surface area contributed by atoms with Gasteiger partial charge in [-0.05, 0) is 32.2 Å². The molecule has 0 aromatic heterocycles. The lowest BCUT2D eigenvalue weighted by Gasteiger charge is -2.54. The monoisotopic (exact) mass is 194 g/mol. The third-order valence-corrected chi connectivity index (χ3v) is 4.48. The maximum atomic E-state index is 3.56. The van der Waals surface area contributed by atoms with Gasteiger partial charge in [0.15, 0.2) is 0 Å². The van der Waals surface area contributed by atoms with Crippen molar-refractivity contribution in [1.82, 2.24) is 10.2 Å². The molecule has 14 heavy (non-hydrogen) atoms. The van der Waals surface area contributed by atoms with Gasteiger partial charge in [-0.1, -0.05) is 12.8 Å². The van der Waals surface area contributed by atoms with Crippen molar-refractivity contribution in [3.63, 3.8) is 0 Å². The topological polar surface area (TPSA) is 15.3 Å². The number of piperidine rings is 1. The second-order valence-electron chi connectivity index (χ2n) is 5.62. The Morgan fingerprint density at radius 3 is 2.50 bits per heavy atom. The maximum absolute atomic E-state index is 3.56. The van der Waals surface area contributed by atoms with E-state index in [4.69, 9.17) is 0 Å². The lowest BCUT2D eigenvalue weighted by molar-refractivity contribution is -0.0439. The molecule has 3 rings (SSSR count). The Hall–Kier alpha value is -0.0800. The van der Waals surface area contributed by atoms with Crippen LogP contribution in [0.1, 0.15) is 38.5 Å². The average molecular weight is 194 g/mol. The Kier molecular flexibility index (Phi) is 2.29. The number of nitrogens with one attached hydrogen (secondary N) is 1.